The number of rotatable bonds is 5. The molecule has 0 spiro atoms. The fraction of sp³-hybridized carbons (Fsp3) is 0.650. The summed E-state index contributed by atoms with van der Waals surface area (Å²) in [6.45, 7) is 1.98. The molecule has 0 bridgehead atoms. The Kier molecular flexibility index (Phi) is 5.58. The molecule has 2 aliphatic rings. The minimum atomic E-state index is -0.487. The van der Waals surface area contributed by atoms with Crippen LogP contribution in [0, 0.1) is 0 Å². The predicted molar refractivity (Wildman–Crippen MR) is 90.8 cm³/mol. The second kappa shape index (κ2) is 7.85. The summed E-state index contributed by atoms with van der Waals surface area (Å²) >= 11 is 0. The molecule has 23 heavy (non-hydrogen) atoms. The quantitative estimate of drug-likeness (QED) is 0.745. The van der Waals surface area contributed by atoms with Gasteiger partial charge in [0.15, 0.2) is 6.10 Å². The minimum Gasteiger partial charge on any atom is -0.479 e. The monoisotopic (exact) mass is 316 g/mol. The molecule has 1 fully saturated rings. The molecule has 0 radical (unpaired) electrons. The maximum Gasteiger partial charge on any atom is 0.347 e. The van der Waals surface area contributed by atoms with Crippen molar-refractivity contribution in [2.24, 2.45) is 0 Å². The Hall–Kier alpha value is -1.51. The van der Waals surface area contributed by atoms with Gasteiger partial charge in [0, 0.05) is 0 Å². The Morgan fingerprint density at radius 2 is 1.83 bits per heavy atom. The van der Waals surface area contributed by atoms with E-state index in [1.807, 2.05) is 13.0 Å². The molecule has 0 N–H and O–H groups in total. The van der Waals surface area contributed by atoms with Gasteiger partial charge in [-0.05, 0) is 81.0 Å². The normalized spacial score (nSPS) is 19.7. The molecule has 1 aromatic carbocycles. The van der Waals surface area contributed by atoms with E-state index < -0.39 is 6.10 Å². The van der Waals surface area contributed by atoms with Gasteiger partial charge in [-0.2, -0.15) is 0 Å². The maximum atomic E-state index is 12.4. The molecular formula is C20H28O3. The number of benzene rings is 1. The Labute approximate surface area is 139 Å². The van der Waals surface area contributed by atoms with E-state index in [0.717, 1.165) is 31.4 Å². The summed E-state index contributed by atoms with van der Waals surface area (Å²) < 4.78 is 11.6. The molecule has 0 amide bonds. The third-order valence-electron chi connectivity index (χ3n) is 5.07. The van der Waals surface area contributed by atoms with Gasteiger partial charge in [0.05, 0.1) is 0 Å². The SMILES string of the molecule is CCC(Oc1ccc2c(c1)CCCC2)C(=O)OC1CCCCC1. The average Bonchev–Trinajstić information content (AvgIpc) is 2.60. The van der Waals surface area contributed by atoms with Gasteiger partial charge >= 0.3 is 5.97 Å². The number of ether oxygens (including phenoxy) is 2. The lowest BCUT2D eigenvalue weighted by Gasteiger charge is -2.25. The van der Waals surface area contributed by atoms with Gasteiger partial charge in [0.1, 0.15) is 11.9 Å². The standard InChI is InChI=1S/C20H28O3/c1-2-19(20(21)23-17-10-4-3-5-11-17)22-18-13-12-15-8-6-7-9-16(15)14-18/h12-14,17,19H,2-11H2,1H3. The van der Waals surface area contributed by atoms with Crippen molar-refractivity contribution in [1.82, 2.24) is 0 Å². The average molecular weight is 316 g/mol. The van der Waals surface area contributed by atoms with Crippen LogP contribution in [0.2, 0.25) is 0 Å². The fourth-order valence-corrected chi connectivity index (χ4v) is 3.67. The van der Waals surface area contributed by atoms with Crippen molar-refractivity contribution >= 4 is 5.97 Å². The first-order valence-corrected chi connectivity index (χ1v) is 9.25. The molecule has 3 heteroatoms. The van der Waals surface area contributed by atoms with Crippen LogP contribution in [0.3, 0.4) is 0 Å². The Balaban J connectivity index is 1.60. The van der Waals surface area contributed by atoms with Gasteiger partial charge in [-0.25, -0.2) is 4.79 Å². The first-order valence-electron chi connectivity index (χ1n) is 9.25. The molecule has 1 saturated carbocycles. The third kappa shape index (κ3) is 4.27. The first-order chi connectivity index (χ1) is 11.3. The van der Waals surface area contributed by atoms with Crippen LogP contribution in [0.1, 0.15) is 69.4 Å². The molecule has 0 heterocycles. The van der Waals surface area contributed by atoms with Gasteiger partial charge in [-0.1, -0.05) is 19.4 Å². The number of carbonyl (C=O) groups is 1. The van der Waals surface area contributed by atoms with Gasteiger partial charge in [-0.3, -0.25) is 0 Å². The van der Waals surface area contributed by atoms with Crippen molar-refractivity contribution in [3.05, 3.63) is 29.3 Å². The van der Waals surface area contributed by atoms with Crippen LogP contribution in [0.5, 0.6) is 5.75 Å². The van der Waals surface area contributed by atoms with E-state index >= 15 is 0 Å². The van der Waals surface area contributed by atoms with Crippen LogP contribution in [0.15, 0.2) is 18.2 Å². The van der Waals surface area contributed by atoms with Crippen molar-refractivity contribution < 1.29 is 14.3 Å². The van der Waals surface area contributed by atoms with Crippen LogP contribution in [0.25, 0.3) is 0 Å². The number of fused-ring (bicyclic) bond motifs is 1. The van der Waals surface area contributed by atoms with Crippen LogP contribution in [-0.2, 0) is 22.4 Å². The molecule has 0 aliphatic heterocycles. The summed E-state index contributed by atoms with van der Waals surface area (Å²) in [5.74, 6) is 0.607. The minimum absolute atomic E-state index is 0.0948. The summed E-state index contributed by atoms with van der Waals surface area (Å²) in [6, 6.07) is 6.27. The highest BCUT2D eigenvalue weighted by Gasteiger charge is 2.25. The highest BCUT2D eigenvalue weighted by atomic mass is 16.6. The summed E-state index contributed by atoms with van der Waals surface area (Å²) in [5, 5.41) is 0. The van der Waals surface area contributed by atoms with Crippen molar-refractivity contribution in [3.8, 4) is 5.75 Å². The molecule has 0 saturated heterocycles. The van der Waals surface area contributed by atoms with Crippen molar-refractivity contribution in [2.75, 3.05) is 0 Å². The van der Waals surface area contributed by atoms with E-state index in [4.69, 9.17) is 9.47 Å². The van der Waals surface area contributed by atoms with E-state index in [1.54, 1.807) is 0 Å². The third-order valence-corrected chi connectivity index (χ3v) is 5.07. The second-order valence-electron chi connectivity index (χ2n) is 6.85. The molecule has 2 aliphatic carbocycles. The fourth-order valence-electron chi connectivity index (χ4n) is 3.67. The van der Waals surface area contributed by atoms with Crippen LogP contribution in [0.4, 0.5) is 0 Å². The second-order valence-corrected chi connectivity index (χ2v) is 6.85. The molecular weight excluding hydrogens is 288 g/mol. The zero-order chi connectivity index (χ0) is 16.1. The zero-order valence-corrected chi connectivity index (χ0v) is 14.2. The predicted octanol–water partition coefficient (Wildman–Crippen LogP) is 4.60. The topological polar surface area (TPSA) is 35.5 Å². The lowest BCUT2D eigenvalue weighted by Crippen LogP contribution is -2.33. The summed E-state index contributed by atoms with van der Waals surface area (Å²) in [5.41, 5.74) is 2.81. The van der Waals surface area contributed by atoms with E-state index in [0.29, 0.717) is 6.42 Å². The van der Waals surface area contributed by atoms with Crippen molar-refractivity contribution in [3.63, 3.8) is 0 Å². The van der Waals surface area contributed by atoms with Gasteiger partial charge in [-0.15, -0.1) is 0 Å². The number of carbonyl (C=O) groups excluding carboxylic acids is 1. The highest BCUT2D eigenvalue weighted by molar-refractivity contribution is 5.75. The van der Waals surface area contributed by atoms with Crippen molar-refractivity contribution in [2.45, 2.75) is 83.3 Å². The summed E-state index contributed by atoms with van der Waals surface area (Å²) in [4.78, 5) is 12.4. The molecule has 3 rings (SSSR count). The lowest BCUT2D eigenvalue weighted by molar-refractivity contribution is -0.159. The molecule has 126 valence electrons. The first kappa shape index (κ1) is 16.4. The molecule has 1 atom stereocenters. The van der Waals surface area contributed by atoms with Gasteiger partial charge < -0.3 is 9.47 Å². The summed E-state index contributed by atoms with van der Waals surface area (Å²) in [7, 11) is 0. The molecule has 1 unspecified atom stereocenters. The largest absolute Gasteiger partial charge is 0.479 e. The van der Waals surface area contributed by atoms with Gasteiger partial charge in [0.2, 0.25) is 0 Å². The van der Waals surface area contributed by atoms with Crippen LogP contribution in [-0.4, -0.2) is 18.2 Å². The zero-order valence-electron chi connectivity index (χ0n) is 14.2. The van der Waals surface area contributed by atoms with Crippen LogP contribution < -0.4 is 4.74 Å². The van der Waals surface area contributed by atoms with E-state index in [9.17, 15) is 4.79 Å². The number of aryl methyl sites for hydroxylation is 2. The smallest absolute Gasteiger partial charge is 0.347 e. The van der Waals surface area contributed by atoms with Crippen LogP contribution >= 0.6 is 0 Å². The molecule has 1 aromatic rings. The Morgan fingerprint density at radius 1 is 1.09 bits per heavy atom. The van der Waals surface area contributed by atoms with E-state index in [-0.39, 0.29) is 12.1 Å². The van der Waals surface area contributed by atoms with Crippen molar-refractivity contribution in [1.29, 1.82) is 0 Å². The lowest BCUT2D eigenvalue weighted by atomic mass is 9.92. The number of esters is 1. The molecule has 3 nitrogen and oxygen atoms in total. The number of hydrogen-bond donors (Lipinski definition) is 0. The molecule has 0 aromatic heterocycles. The Morgan fingerprint density at radius 3 is 2.57 bits per heavy atom. The number of hydrogen-bond acceptors (Lipinski definition) is 3. The van der Waals surface area contributed by atoms with E-state index in [2.05, 4.69) is 12.1 Å². The summed E-state index contributed by atoms with van der Waals surface area (Å²) in [6.07, 6.45) is 10.7. The Bertz CT molecular complexity index is 532. The van der Waals surface area contributed by atoms with Gasteiger partial charge in [0.25, 0.3) is 0 Å². The maximum absolute atomic E-state index is 12.4. The highest BCUT2D eigenvalue weighted by Crippen LogP contribution is 2.27. The van der Waals surface area contributed by atoms with E-state index in [1.165, 1.54) is 43.2 Å².